The molecule has 1 aromatic carbocycles. The third-order valence-electron chi connectivity index (χ3n) is 2.41. The molecule has 0 aliphatic carbocycles. The monoisotopic (exact) mass is 311 g/mol. The Labute approximate surface area is 115 Å². The predicted octanol–water partition coefficient (Wildman–Crippen LogP) is 2.57. The van der Waals surface area contributed by atoms with Crippen LogP contribution < -0.4 is 4.74 Å². The molecule has 0 saturated carbocycles. The van der Waals surface area contributed by atoms with Crippen LogP contribution >= 0.6 is 15.9 Å². The Morgan fingerprint density at radius 3 is 2.61 bits per heavy atom. The second-order valence-corrected chi connectivity index (χ2v) is 4.11. The summed E-state index contributed by atoms with van der Waals surface area (Å²) in [5.74, 6) is 0.283. The molecular formula is C13H14BrNO3. The molecule has 0 bridgehead atoms. The summed E-state index contributed by atoms with van der Waals surface area (Å²) >= 11 is 3.32. The molecule has 0 saturated heterocycles. The van der Waals surface area contributed by atoms with Crippen LogP contribution in [0.4, 0.5) is 0 Å². The second kappa shape index (κ2) is 7.02. The fourth-order valence-corrected chi connectivity index (χ4v) is 2.05. The van der Waals surface area contributed by atoms with Gasteiger partial charge in [-0.05, 0) is 30.2 Å². The zero-order valence-corrected chi connectivity index (χ0v) is 11.9. The van der Waals surface area contributed by atoms with Crippen molar-refractivity contribution < 1.29 is 14.3 Å². The van der Waals surface area contributed by atoms with E-state index in [-0.39, 0.29) is 12.4 Å². The number of esters is 1. The van der Waals surface area contributed by atoms with Crippen molar-refractivity contribution in [2.45, 2.75) is 18.7 Å². The summed E-state index contributed by atoms with van der Waals surface area (Å²) in [5.41, 5.74) is 1.93. The number of methoxy groups -OCH3 is 1. The van der Waals surface area contributed by atoms with Crippen molar-refractivity contribution in [3.05, 3.63) is 28.8 Å². The van der Waals surface area contributed by atoms with Crippen molar-refractivity contribution in [2.75, 3.05) is 13.7 Å². The van der Waals surface area contributed by atoms with Gasteiger partial charge in [-0.2, -0.15) is 5.26 Å². The molecule has 5 heteroatoms. The third-order valence-corrected chi connectivity index (χ3v) is 3.01. The molecule has 1 rings (SSSR count). The highest BCUT2D eigenvalue weighted by Gasteiger charge is 2.14. The Morgan fingerprint density at radius 1 is 1.44 bits per heavy atom. The van der Waals surface area contributed by atoms with Crippen LogP contribution in [0.1, 0.15) is 23.6 Å². The van der Waals surface area contributed by atoms with Crippen molar-refractivity contribution in [3.8, 4) is 11.8 Å². The smallest absolute Gasteiger partial charge is 0.310 e. The average molecular weight is 312 g/mol. The van der Waals surface area contributed by atoms with Crippen LogP contribution in [0.2, 0.25) is 0 Å². The molecule has 96 valence electrons. The number of nitrogens with zero attached hydrogens (tertiary/aromatic N) is 1. The van der Waals surface area contributed by atoms with Crippen LogP contribution in [0, 0.1) is 11.3 Å². The molecule has 0 spiro atoms. The lowest BCUT2D eigenvalue weighted by atomic mass is 10.00. The van der Waals surface area contributed by atoms with Crippen molar-refractivity contribution in [2.24, 2.45) is 0 Å². The van der Waals surface area contributed by atoms with Gasteiger partial charge in [0.25, 0.3) is 0 Å². The molecule has 1 aromatic rings. The van der Waals surface area contributed by atoms with Gasteiger partial charge in [0.15, 0.2) is 0 Å². The SMILES string of the molecule is CCOC(=O)Cc1cc(OC)cc(CBr)c1C#N. The van der Waals surface area contributed by atoms with Crippen LogP contribution in [0.3, 0.4) is 0 Å². The summed E-state index contributed by atoms with van der Waals surface area (Å²) in [5, 5.41) is 9.70. The Morgan fingerprint density at radius 2 is 2.11 bits per heavy atom. The summed E-state index contributed by atoms with van der Waals surface area (Å²) < 4.78 is 10.0. The number of carbonyl (C=O) groups excluding carboxylic acids is 1. The van der Waals surface area contributed by atoms with Crippen molar-refractivity contribution >= 4 is 21.9 Å². The van der Waals surface area contributed by atoms with Gasteiger partial charge in [-0.3, -0.25) is 4.79 Å². The molecule has 0 aromatic heterocycles. The van der Waals surface area contributed by atoms with E-state index < -0.39 is 0 Å². The van der Waals surface area contributed by atoms with Crippen molar-refractivity contribution in [1.82, 2.24) is 0 Å². The highest BCUT2D eigenvalue weighted by Crippen LogP contribution is 2.24. The van der Waals surface area contributed by atoms with Crippen molar-refractivity contribution in [1.29, 1.82) is 5.26 Å². The van der Waals surface area contributed by atoms with E-state index in [1.165, 1.54) is 0 Å². The molecule has 0 fully saturated rings. The first-order chi connectivity index (χ1) is 8.65. The number of carbonyl (C=O) groups is 1. The molecule has 0 amide bonds. The molecule has 4 nitrogen and oxygen atoms in total. The minimum absolute atomic E-state index is 0.0773. The molecule has 18 heavy (non-hydrogen) atoms. The number of nitriles is 1. The van der Waals surface area contributed by atoms with Gasteiger partial charge in [0, 0.05) is 5.33 Å². The molecule has 0 heterocycles. The summed E-state index contributed by atoms with van der Waals surface area (Å²) in [6.07, 6.45) is 0.0773. The number of rotatable bonds is 5. The lowest BCUT2D eigenvalue weighted by molar-refractivity contribution is -0.142. The number of hydrogen-bond donors (Lipinski definition) is 0. The molecule has 0 aliphatic rings. The normalized spacial score (nSPS) is 9.67. The lowest BCUT2D eigenvalue weighted by Gasteiger charge is -2.10. The standard InChI is InChI=1S/C13H14BrNO3/c1-3-18-13(16)6-9-4-11(17-2)5-10(7-14)12(9)8-15/h4-5H,3,6-7H2,1-2H3. The largest absolute Gasteiger partial charge is 0.497 e. The van der Waals surface area contributed by atoms with Crippen LogP contribution in [0.15, 0.2) is 12.1 Å². The maximum Gasteiger partial charge on any atom is 0.310 e. The Kier molecular flexibility index (Phi) is 5.66. The Hall–Kier alpha value is -1.54. The van der Waals surface area contributed by atoms with Crippen LogP contribution in [0.5, 0.6) is 5.75 Å². The molecule has 0 unspecified atom stereocenters. The molecule has 0 N–H and O–H groups in total. The number of ether oxygens (including phenoxy) is 2. The lowest BCUT2D eigenvalue weighted by Crippen LogP contribution is -2.09. The average Bonchev–Trinajstić information content (AvgIpc) is 2.37. The topological polar surface area (TPSA) is 59.3 Å². The first-order valence-corrected chi connectivity index (χ1v) is 6.59. The maximum atomic E-state index is 11.5. The van der Waals surface area contributed by atoms with Crippen LogP contribution in [-0.4, -0.2) is 19.7 Å². The number of alkyl halides is 1. The minimum Gasteiger partial charge on any atom is -0.497 e. The van der Waals surface area contributed by atoms with E-state index >= 15 is 0 Å². The van der Waals surface area contributed by atoms with Gasteiger partial charge in [0.05, 0.1) is 31.8 Å². The van der Waals surface area contributed by atoms with Crippen molar-refractivity contribution in [3.63, 3.8) is 0 Å². The van der Waals surface area contributed by atoms with Gasteiger partial charge in [-0.15, -0.1) is 0 Å². The van der Waals surface area contributed by atoms with E-state index in [0.717, 1.165) is 5.56 Å². The Bertz CT molecular complexity index is 480. The first kappa shape index (κ1) is 14.5. The Balaban J connectivity index is 3.15. The van der Waals surface area contributed by atoms with Crippen LogP contribution in [-0.2, 0) is 21.3 Å². The summed E-state index contributed by atoms with van der Waals surface area (Å²) in [4.78, 5) is 11.5. The highest BCUT2D eigenvalue weighted by atomic mass is 79.9. The summed E-state index contributed by atoms with van der Waals surface area (Å²) in [6, 6.07) is 5.60. The molecule has 0 atom stereocenters. The van der Waals surface area contributed by atoms with E-state index in [4.69, 9.17) is 9.47 Å². The fraction of sp³-hybridized carbons (Fsp3) is 0.385. The zero-order chi connectivity index (χ0) is 13.5. The quantitative estimate of drug-likeness (QED) is 0.619. The van der Waals surface area contributed by atoms with E-state index in [1.54, 1.807) is 26.2 Å². The fourth-order valence-electron chi connectivity index (χ4n) is 1.61. The number of halogens is 1. The van der Waals surface area contributed by atoms with E-state index in [9.17, 15) is 10.1 Å². The van der Waals surface area contributed by atoms with Gasteiger partial charge >= 0.3 is 5.97 Å². The second-order valence-electron chi connectivity index (χ2n) is 3.55. The molecule has 0 aliphatic heterocycles. The number of benzene rings is 1. The van der Waals surface area contributed by atoms with Gasteiger partial charge in [0.1, 0.15) is 5.75 Å². The first-order valence-electron chi connectivity index (χ1n) is 5.47. The molecule has 0 radical (unpaired) electrons. The predicted molar refractivity (Wildman–Crippen MR) is 70.7 cm³/mol. The minimum atomic E-state index is -0.345. The van der Waals surface area contributed by atoms with Crippen LogP contribution in [0.25, 0.3) is 0 Å². The van der Waals surface area contributed by atoms with E-state index in [2.05, 4.69) is 22.0 Å². The van der Waals surface area contributed by atoms with Gasteiger partial charge < -0.3 is 9.47 Å². The molecular weight excluding hydrogens is 298 g/mol. The van der Waals surface area contributed by atoms with Gasteiger partial charge in [-0.1, -0.05) is 15.9 Å². The summed E-state index contributed by atoms with van der Waals surface area (Å²) in [7, 11) is 1.55. The number of hydrogen-bond acceptors (Lipinski definition) is 4. The van der Waals surface area contributed by atoms with E-state index in [0.29, 0.717) is 28.8 Å². The zero-order valence-electron chi connectivity index (χ0n) is 10.3. The highest BCUT2D eigenvalue weighted by molar-refractivity contribution is 9.08. The van der Waals surface area contributed by atoms with Gasteiger partial charge in [0.2, 0.25) is 0 Å². The van der Waals surface area contributed by atoms with Gasteiger partial charge in [-0.25, -0.2) is 0 Å². The van der Waals surface area contributed by atoms with E-state index in [1.807, 2.05) is 0 Å². The maximum absolute atomic E-state index is 11.5. The third kappa shape index (κ3) is 3.47. The summed E-state index contributed by atoms with van der Waals surface area (Å²) in [6.45, 7) is 2.08.